The number of sulfone groups is 1. The maximum atomic E-state index is 11.7. The average Bonchev–Trinajstić information content (AvgIpc) is 2.77. The quantitative estimate of drug-likeness (QED) is 0.915. The van der Waals surface area contributed by atoms with E-state index in [1.165, 1.54) is 0 Å². The zero-order valence-electron chi connectivity index (χ0n) is 12.1. The Balaban J connectivity index is 2.22. The molecule has 0 amide bonds. The molecular weight excluding hydrogens is 294 g/mol. The molecular formula is C13H23N3O2S2. The summed E-state index contributed by atoms with van der Waals surface area (Å²) < 4.78 is 23.3. The highest BCUT2D eigenvalue weighted by Crippen LogP contribution is 2.32. The van der Waals surface area contributed by atoms with Crippen molar-refractivity contribution in [2.75, 3.05) is 29.5 Å². The van der Waals surface area contributed by atoms with Gasteiger partial charge in [0, 0.05) is 24.5 Å². The van der Waals surface area contributed by atoms with E-state index < -0.39 is 9.84 Å². The summed E-state index contributed by atoms with van der Waals surface area (Å²) in [6.45, 7) is 6.10. The van der Waals surface area contributed by atoms with Gasteiger partial charge in [-0.25, -0.2) is 13.4 Å². The van der Waals surface area contributed by atoms with E-state index in [-0.39, 0.29) is 11.5 Å². The fourth-order valence-corrected chi connectivity index (χ4v) is 4.72. The average molecular weight is 317 g/mol. The largest absolute Gasteiger partial charge is 0.347 e. The topological polar surface area (TPSA) is 76.3 Å². The molecule has 1 aliphatic rings. The smallest absolute Gasteiger partial charge is 0.185 e. The first kappa shape index (κ1) is 15.7. The molecule has 1 unspecified atom stereocenters. The van der Waals surface area contributed by atoms with Gasteiger partial charge in [-0.3, -0.25) is 0 Å². The molecule has 0 aliphatic carbocycles. The van der Waals surface area contributed by atoms with Gasteiger partial charge in [-0.15, -0.1) is 11.3 Å². The first-order valence-corrected chi connectivity index (χ1v) is 9.75. The Morgan fingerprint density at radius 1 is 1.40 bits per heavy atom. The van der Waals surface area contributed by atoms with Gasteiger partial charge >= 0.3 is 0 Å². The van der Waals surface area contributed by atoms with E-state index in [9.17, 15) is 8.42 Å². The Morgan fingerprint density at radius 2 is 2.15 bits per heavy atom. The molecule has 1 aromatic heterocycles. The van der Waals surface area contributed by atoms with Crippen LogP contribution in [-0.4, -0.2) is 38.0 Å². The molecule has 0 radical (unpaired) electrons. The number of hydrogen-bond acceptors (Lipinski definition) is 6. The highest BCUT2D eigenvalue weighted by Gasteiger charge is 2.23. The summed E-state index contributed by atoms with van der Waals surface area (Å²) in [6.07, 6.45) is 1.71. The number of hydrogen-bond donors (Lipinski definition) is 1. The lowest BCUT2D eigenvalue weighted by molar-refractivity contribution is 0.597. The summed E-state index contributed by atoms with van der Waals surface area (Å²) in [5.74, 6) is 0.911. The lowest BCUT2D eigenvalue weighted by Gasteiger charge is -2.18. The van der Waals surface area contributed by atoms with Crippen LogP contribution in [0.25, 0.3) is 0 Å². The molecule has 1 saturated heterocycles. The zero-order valence-corrected chi connectivity index (χ0v) is 13.8. The Morgan fingerprint density at radius 3 is 2.80 bits per heavy atom. The third-order valence-electron chi connectivity index (χ3n) is 3.81. The molecule has 2 heterocycles. The monoisotopic (exact) mass is 317 g/mol. The van der Waals surface area contributed by atoms with Crippen LogP contribution in [-0.2, 0) is 16.4 Å². The van der Waals surface area contributed by atoms with Crippen LogP contribution in [0.2, 0.25) is 0 Å². The Bertz CT molecular complexity index is 554. The summed E-state index contributed by atoms with van der Waals surface area (Å²) in [4.78, 5) is 7.96. The van der Waals surface area contributed by atoms with Crippen molar-refractivity contribution in [3.8, 4) is 0 Å². The molecule has 5 nitrogen and oxygen atoms in total. The van der Waals surface area contributed by atoms with E-state index in [0.29, 0.717) is 25.4 Å². The van der Waals surface area contributed by atoms with Crippen LogP contribution >= 0.6 is 11.3 Å². The second kappa shape index (κ2) is 6.41. The number of anilines is 1. The van der Waals surface area contributed by atoms with E-state index in [1.807, 2.05) is 0 Å². The summed E-state index contributed by atoms with van der Waals surface area (Å²) in [7, 11) is -2.88. The van der Waals surface area contributed by atoms with Gasteiger partial charge in [0.2, 0.25) is 0 Å². The second-order valence-corrected chi connectivity index (χ2v) is 8.68. The minimum absolute atomic E-state index is 0.225. The molecule has 1 atom stereocenters. The Hall–Kier alpha value is -0.660. The molecule has 114 valence electrons. The van der Waals surface area contributed by atoms with Crippen LogP contribution < -0.4 is 10.6 Å². The highest BCUT2D eigenvalue weighted by atomic mass is 32.2. The van der Waals surface area contributed by atoms with Crippen molar-refractivity contribution in [3.63, 3.8) is 0 Å². The normalized spacial score (nSPS) is 20.6. The molecule has 20 heavy (non-hydrogen) atoms. The van der Waals surface area contributed by atoms with Crippen LogP contribution in [0, 0.1) is 0 Å². The molecule has 1 aromatic rings. The first-order chi connectivity index (χ1) is 9.46. The minimum atomic E-state index is -2.88. The van der Waals surface area contributed by atoms with Gasteiger partial charge in [-0.05, 0) is 18.8 Å². The maximum Gasteiger partial charge on any atom is 0.185 e. The SMILES string of the molecule is CCC(C)c1nc(N2CCCS(=O)(=O)CC2)sc1CN. The molecule has 0 saturated carbocycles. The Labute approximate surface area is 125 Å². The lowest BCUT2D eigenvalue weighted by Crippen LogP contribution is -2.26. The van der Waals surface area contributed by atoms with Gasteiger partial charge in [-0.2, -0.15) is 0 Å². The van der Waals surface area contributed by atoms with Crippen LogP contribution in [0.4, 0.5) is 5.13 Å². The fourth-order valence-electron chi connectivity index (χ4n) is 2.34. The van der Waals surface area contributed by atoms with Crippen LogP contribution in [0.5, 0.6) is 0 Å². The molecule has 0 bridgehead atoms. The van der Waals surface area contributed by atoms with Gasteiger partial charge in [0.1, 0.15) is 0 Å². The molecule has 2 rings (SSSR count). The number of nitrogens with two attached hydrogens (primary N) is 1. The highest BCUT2D eigenvalue weighted by molar-refractivity contribution is 7.91. The molecule has 7 heteroatoms. The summed E-state index contributed by atoms with van der Waals surface area (Å²) >= 11 is 1.61. The first-order valence-electron chi connectivity index (χ1n) is 7.12. The number of aromatic nitrogens is 1. The number of rotatable bonds is 4. The van der Waals surface area contributed by atoms with Crippen molar-refractivity contribution in [2.24, 2.45) is 5.73 Å². The van der Waals surface area contributed by atoms with Gasteiger partial charge in [0.25, 0.3) is 0 Å². The molecule has 1 aliphatic heterocycles. The molecule has 2 N–H and O–H groups in total. The second-order valence-electron chi connectivity index (χ2n) is 5.31. The van der Waals surface area contributed by atoms with Crippen molar-refractivity contribution in [1.82, 2.24) is 4.98 Å². The fraction of sp³-hybridized carbons (Fsp3) is 0.769. The molecule has 0 aromatic carbocycles. The predicted octanol–water partition coefficient (Wildman–Crippen LogP) is 1.74. The minimum Gasteiger partial charge on any atom is -0.347 e. The lowest BCUT2D eigenvalue weighted by atomic mass is 10.0. The maximum absolute atomic E-state index is 11.7. The van der Waals surface area contributed by atoms with E-state index in [4.69, 9.17) is 10.7 Å². The zero-order chi connectivity index (χ0) is 14.8. The van der Waals surface area contributed by atoms with Crippen LogP contribution in [0.3, 0.4) is 0 Å². The summed E-state index contributed by atoms with van der Waals surface area (Å²) in [5.41, 5.74) is 6.90. The third kappa shape index (κ3) is 3.51. The molecule has 1 fully saturated rings. The third-order valence-corrected chi connectivity index (χ3v) is 6.68. The summed E-state index contributed by atoms with van der Waals surface area (Å²) in [6, 6.07) is 0. The van der Waals surface area contributed by atoms with E-state index in [2.05, 4.69) is 18.7 Å². The van der Waals surface area contributed by atoms with Gasteiger partial charge in [0.15, 0.2) is 15.0 Å². The van der Waals surface area contributed by atoms with Gasteiger partial charge < -0.3 is 10.6 Å². The van der Waals surface area contributed by atoms with E-state index in [0.717, 1.165) is 28.7 Å². The van der Waals surface area contributed by atoms with Gasteiger partial charge in [-0.1, -0.05) is 13.8 Å². The summed E-state index contributed by atoms with van der Waals surface area (Å²) in [5, 5.41) is 0.929. The van der Waals surface area contributed by atoms with Crippen molar-refractivity contribution in [2.45, 2.75) is 39.2 Å². The van der Waals surface area contributed by atoms with Crippen molar-refractivity contribution in [3.05, 3.63) is 10.6 Å². The van der Waals surface area contributed by atoms with E-state index in [1.54, 1.807) is 11.3 Å². The van der Waals surface area contributed by atoms with Gasteiger partial charge in [0.05, 0.1) is 17.2 Å². The van der Waals surface area contributed by atoms with E-state index >= 15 is 0 Å². The predicted molar refractivity (Wildman–Crippen MR) is 84.2 cm³/mol. The van der Waals surface area contributed by atoms with Crippen molar-refractivity contribution >= 4 is 26.3 Å². The van der Waals surface area contributed by atoms with Crippen molar-refractivity contribution in [1.29, 1.82) is 0 Å². The number of nitrogens with zero attached hydrogens (tertiary/aromatic N) is 2. The van der Waals surface area contributed by atoms with Crippen LogP contribution in [0.15, 0.2) is 0 Å². The van der Waals surface area contributed by atoms with Crippen molar-refractivity contribution < 1.29 is 8.42 Å². The van der Waals surface area contributed by atoms with Crippen LogP contribution in [0.1, 0.15) is 43.2 Å². The molecule has 0 spiro atoms. The number of thiazole rings is 1. The Kier molecular flexibility index (Phi) is 5.04. The standard InChI is InChI=1S/C13H23N3O2S2/c1-3-10(2)12-11(9-14)19-13(15-12)16-5-4-7-20(17,18)8-6-16/h10H,3-9,14H2,1-2H3.